The van der Waals surface area contributed by atoms with Crippen molar-refractivity contribution in [3.8, 4) is 0 Å². The van der Waals surface area contributed by atoms with Gasteiger partial charge in [-0.15, -0.1) is 0 Å². The van der Waals surface area contributed by atoms with Crippen LogP contribution in [0.2, 0.25) is 0 Å². The van der Waals surface area contributed by atoms with Gasteiger partial charge in [-0.05, 0) is 12.5 Å². The molecule has 0 aliphatic heterocycles. The number of nitrogens with two attached hydrogens (primary N) is 1. The zero-order valence-corrected chi connectivity index (χ0v) is 7.55. The molecule has 0 rings (SSSR count). The van der Waals surface area contributed by atoms with E-state index in [1.54, 1.807) is 0 Å². The fraction of sp³-hybridized carbons (Fsp3) is 0.875. The quantitative estimate of drug-likeness (QED) is 0.620. The molecule has 1 unspecified atom stereocenters. The lowest BCUT2D eigenvalue weighted by atomic mass is 10.1. The van der Waals surface area contributed by atoms with Crippen LogP contribution in [0, 0.1) is 11.8 Å². The zero-order valence-electron chi connectivity index (χ0n) is 7.55. The molecule has 0 spiro atoms. The van der Waals surface area contributed by atoms with E-state index in [4.69, 9.17) is 5.73 Å². The van der Waals surface area contributed by atoms with Gasteiger partial charge in [0, 0.05) is 12.5 Å². The van der Waals surface area contributed by atoms with Crippen LogP contribution in [0.1, 0.15) is 20.8 Å². The fourth-order valence-electron chi connectivity index (χ4n) is 0.562. The summed E-state index contributed by atoms with van der Waals surface area (Å²) in [6.07, 6.45) is 0. The highest BCUT2D eigenvalue weighted by Crippen LogP contribution is 1.92. The Balaban J connectivity index is 3.46. The molecule has 0 aromatic rings. The molecule has 0 radical (unpaired) electrons. The molecule has 1 amide bonds. The van der Waals surface area contributed by atoms with E-state index in [1.807, 2.05) is 20.8 Å². The van der Waals surface area contributed by atoms with Gasteiger partial charge in [-0.25, -0.2) is 0 Å². The molecular formula is C8H18N2O. The Labute approximate surface area is 68.3 Å². The number of nitrogens with one attached hydrogen (secondary N) is 1. The van der Waals surface area contributed by atoms with Crippen LogP contribution in [-0.2, 0) is 4.79 Å². The number of carbonyl (C=O) groups excluding carboxylic acids is 1. The maximum absolute atomic E-state index is 11.0. The van der Waals surface area contributed by atoms with Gasteiger partial charge in [-0.1, -0.05) is 20.8 Å². The number of hydrogen-bond donors (Lipinski definition) is 2. The Kier molecular flexibility index (Phi) is 4.86. The summed E-state index contributed by atoms with van der Waals surface area (Å²) in [4.78, 5) is 11.0. The van der Waals surface area contributed by atoms with E-state index in [0.29, 0.717) is 19.0 Å². The van der Waals surface area contributed by atoms with Crippen molar-refractivity contribution in [1.82, 2.24) is 5.32 Å². The largest absolute Gasteiger partial charge is 0.356 e. The molecule has 11 heavy (non-hydrogen) atoms. The van der Waals surface area contributed by atoms with Crippen LogP contribution in [0.25, 0.3) is 0 Å². The van der Waals surface area contributed by atoms with Gasteiger partial charge in [0.1, 0.15) is 0 Å². The van der Waals surface area contributed by atoms with Crippen molar-refractivity contribution in [3.63, 3.8) is 0 Å². The van der Waals surface area contributed by atoms with E-state index >= 15 is 0 Å². The van der Waals surface area contributed by atoms with E-state index in [2.05, 4.69) is 5.32 Å². The molecule has 0 saturated heterocycles. The van der Waals surface area contributed by atoms with Gasteiger partial charge in [0.05, 0.1) is 0 Å². The molecule has 0 saturated carbocycles. The summed E-state index contributed by atoms with van der Waals surface area (Å²) in [5.41, 5.74) is 5.38. The lowest BCUT2D eigenvalue weighted by Gasteiger charge is -2.11. The standard InChI is InChI=1S/C8H18N2O/c1-6(2)8(11)10-5-7(3)4-9/h6-7H,4-5,9H2,1-3H3,(H,10,11). The molecular weight excluding hydrogens is 140 g/mol. The molecule has 0 aromatic carbocycles. The van der Waals surface area contributed by atoms with E-state index in [0.717, 1.165) is 0 Å². The van der Waals surface area contributed by atoms with Gasteiger partial charge in [0.2, 0.25) is 5.91 Å². The second kappa shape index (κ2) is 5.13. The van der Waals surface area contributed by atoms with Gasteiger partial charge in [0.25, 0.3) is 0 Å². The Bertz CT molecular complexity index is 123. The van der Waals surface area contributed by atoms with E-state index in [9.17, 15) is 4.79 Å². The monoisotopic (exact) mass is 158 g/mol. The van der Waals surface area contributed by atoms with Crippen LogP contribution >= 0.6 is 0 Å². The number of amides is 1. The molecule has 1 atom stereocenters. The Morgan fingerprint density at radius 2 is 2.00 bits per heavy atom. The Hall–Kier alpha value is -0.570. The van der Waals surface area contributed by atoms with Gasteiger partial charge >= 0.3 is 0 Å². The third-order valence-corrected chi connectivity index (χ3v) is 1.55. The highest BCUT2D eigenvalue weighted by atomic mass is 16.1. The Morgan fingerprint density at radius 1 is 1.45 bits per heavy atom. The third kappa shape index (κ3) is 4.79. The molecule has 0 bridgehead atoms. The topological polar surface area (TPSA) is 55.1 Å². The molecule has 0 aliphatic carbocycles. The molecule has 3 N–H and O–H groups in total. The average Bonchev–Trinajstić information content (AvgIpc) is 1.99. The summed E-state index contributed by atoms with van der Waals surface area (Å²) < 4.78 is 0. The van der Waals surface area contributed by atoms with Crippen molar-refractivity contribution in [1.29, 1.82) is 0 Å². The predicted molar refractivity (Wildman–Crippen MR) is 46.1 cm³/mol. The molecule has 0 aliphatic rings. The van der Waals surface area contributed by atoms with Crippen molar-refractivity contribution >= 4 is 5.91 Å². The second-order valence-electron chi connectivity index (χ2n) is 3.24. The summed E-state index contributed by atoms with van der Waals surface area (Å²) in [7, 11) is 0. The van der Waals surface area contributed by atoms with Crippen molar-refractivity contribution in [2.24, 2.45) is 17.6 Å². The van der Waals surface area contributed by atoms with Crippen LogP contribution in [0.4, 0.5) is 0 Å². The van der Waals surface area contributed by atoms with E-state index < -0.39 is 0 Å². The van der Waals surface area contributed by atoms with E-state index in [-0.39, 0.29) is 11.8 Å². The van der Waals surface area contributed by atoms with Crippen molar-refractivity contribution in [2.45, 2.75) is 20.8 Å². The van der Waals surface area contributed by atoms with Crippen molar-refractivity contribution in [2.75, 3.05) is 13.1 Å². The third-order valence-electron chi connectivity index (χ3n) is 1.55. The average molecular weight is 158 g/mol. The summed E-state index contributed by atoms with van der Waals surface area (Å²) in [5.74, 6) is 0.544. The van der Waals surface area contributed by atoms with Crippen molar-refractivity contribution < 1.29 is 4.79 Å². The highest BCUT2D eigenvalue weighted by molar-refractivity contribution is 5.77. The minimum Gasteiger partial charge on any atom is -0.356 e. The van der Waals surface area contributed by atoms with Crippen LogP contribution in [0.5, 0.6) is 0 Å². The first kappa shape index (κ1) is 10.4. The fourth-order valence-corrected chi connectivity index (χ4v) is 0.562. The van der Waals surface area contributed by atoms with Gasteiger partial charge in [-0.3, -0.25) is 4.79 Å². The number of rotatable bonds is 4. The van der Waals surface area contributed by atoms with E-state index in [1.165, 1.54) is 0 Å². The normalized spacial score (nSPS) is 13.2. The minimum atomic E-state index is 0.0694. The minimum absolute atomic E-state index is 0.0694. The van der Waals surface area contributed by atoms with Gasteiger partial charge < -0.3 is 11.1 Å². The first-order valence-corrected chi connectivity index (χ1v) is 4.05. The van der Waals surface area contributed by atoms with Gasteiger partial charge in [-0.2, -0.15) is 0 Å². The number of carbonyl (C=O) groups is 1. The molecule has 3 nitrogen and oxygen atoms in total. The first-order chi connectivity index (χ1) is 5.07. The summed E-state index contributed by atoms with van der Waals surface area (Å²) >= 11 is 0. The maximum atomic E-state index is 11.0. The maximum Gasteiger partial charge on any atom is 0.222 e. The first-order valence-electron chi connectivity index (χ1n) is 4.05. The summed E-state index contributed by atoms with van der Waals surface area (Å²) in [6, 6.07) is 0. The number of hydrogen-bond acceptors (Lipinski definition) is 2. The van der Waals surface area contributed by atoms with Gasteiger partial charge in [0.15, 0.2) is 0 Å². The molecule has 0 aromatic heterocycles. The Morgan fingerprint density at radius 3 is 2.36 bits per heavy atom. The molecule has 0 fully saturated rings. The predicted octanol–water partition coefficient (Wildman–Crippen LogP) is 0.353. The molecule has 0 heterocycles. The molecule has 3 heteroatoms. The lowest BCUT2D eigenvalue weighted by molar-refractivity contribution is -0.124. The summed E-state index contributed by atoms with van der Waals surface area (Å²) in [6.45, 7) is 7.08. The molecule has 66 valence electrons. The van der Waals surface area contributed by atoms with Crippen LogP contribution in [0.3, 0.4) is 0 Å². The van der Waals surface area contributed by atoms with Crippen LogP contribution in [-0.4, -0.2) is 19.0 Å². The second-order valence-corrected chi connectivity index (χ2v) is 3.24. The lowest BCUT2D eigenvalue weighted by Crippen LogP contribution is -2.33. The van der Waals surface area contributed by atoms with Crippen LogP contribution < -0.4 is 11.1 Å². The smallest absolute Gasteiger partial charge is 0.222 e. The highest BCUT2D eigenvalue weighted by Gasteiger charge is 2.06. The van der Waals surface area contributed by atoms with Crippen molar-refractivity contribution in [3.05, 3.63) is 0 Å². The zero-order chi connectivity index (χ0) is 8.85. The summed E-state index contributed by atoms with van der Waals surface area (Å²) in [5, 5.41) is 2.81. The van der Waals surface area contributed by atoms with Crippen LogP contribution in [0.15, 0.2) is 0 Å². The SMILES string of the molecule is CC(CN)CNC(=O)C(C)C.